The number of esters is 1. The molecule has 0 bridgehead atoms. The van der Waals surface area contributed by atoms with Crippen LogP contribution < -0.4 is 5.32 Å². The van der Waals surface area contributed by atoms with Crippen molar-refractivity contribution in [3.05, 3.63) is 0 Å². The van der Waals surface area contributed by atoms with Crippen molar-refractivity contribution < 1.29 is 9.53 Å². The summed E-state index contributed by atoms with van der Waals surface area (Å²) in [6, 6.07) is 0. The molecule has 0 aliphatic carbocycles. The average molecular weight is 242 g/mol. The SMILES string of the molecule is CCCNCCN1CCCC(C(=O)OCC)C1. The van der Waals surface area contributed by atoms with Gasteiger partial charge in [-0.05, 0) is 39.3 Å². The minimum Gasteiger partial charge on any atom is -0.466 e. The first-order chi connectivity index (χ1) is 8.27. The Morgan fingerprint density at radius 1 is 1.41 bits per heavy atom. The fourth-order valence-electron chi connectivity index (χ4n) is 2.25. The largest absolute Gasteiger partial charge is 0.466 e. The first-order valence-corrected chi connectivity index (χ1v) is 6.87. The van der Waals surface area contributed by atoms with Gasteiger partial charge in [-0.3, -0.25) is 4.79 Å². The molecule has 0 spiro atoms. The highest BCUT2D eigenvalue weighted by atomic mass is 16.5. The monoisotopic (exact) mass is 242 g/mol. The molecular weight excluding hydrogens is 216 g/mol. The van der Waals surface area contributed by atoms with Gasteiger partial charge < -0.3 is 15.0 Å². The van der Waals surface area contributed by atoms with Gasteiger partial charge in [0.1, 0.15) is 0 Å². The molecule has 17 heavy (non-hydrogen) atoms. The molecule has 0 aromatic heterocycles. The zero-order valence-corrected chi connectivity index (χ0v) is 11.2. The molecular formula is C13H26N2O2. The average Bonchev–Trinajstić information content (AvgIpc) is 2.35. The van der Waals surface area contributed by atoms with Crippen LogP contribution in [0, 0.1) is 5.92 Å². The van der Waals surface area contributed by atoms with Crippen molar-refractivity contribution in [2.24, 2.45) is 5.92 Å². The summed E-state index contributed by atoms with van der Waals surface area (Å²) < 4.78 is 5.09. The minimum atomic E-state index is -0.0151. The van der Waals surface area contributed by atoms with Crippen LogP contribution in [-0.2, 0) is 9.53 Å². The number of carbonyl (C=O) groups excluding carboxylic acids is 1. The molecule has 0 aromatic rings. The smallest absolute Gasteiger partial charge is 0.310 e. The molecule has 1 aliphatic heterocycles. The quantitative estimate of drug-likeness (QED) is 0.539. The van der Waals surface area contributed by atoms with Crippen LogP contribution in [0.4, 0.5) is 0 Å². The van der Waals surface area contributed by atoms with E-state index in [1.165, 1.54) is 6.42 Å². The number of piperidine rings is 1. The highest BCUT2D eigenvalue weighted by Crippen LogP contribution is 2.17. The molecule has 4 heteroatoms. The van der Waals surface area contributed by atoms with Gasteiger partial charge in [0.2, 0.25) is 0 Å². The van der Waals surface area contributed by atoms with Crippen LogP contribution in [0.1, 0.15) is 33.1 Å². The molecule has 1 aliphatic rings. The molecule has 1 unspecified atom stereocenters. The second-order valence-corrected chi connectivity index (χ2v) is 4.64. The van der Waals surface area contributed by atoms with E-state index in [-0.39, 0.29) is 11.9 Å². The van der Waals surface area contributed by atoms with Crippen LogP contribution in [0.15, 0.2) is 0 Å². The van der Waals surface area contributed by atoms with Gasteiger partial charge in [-0.15, -0.1) is 0 Å². The van der Waals surface area contributed by atoms with Gasteiger partial charge in [0.15, 0.2) is 0 Å². The number of ether oxygens (including phenoxy) is 1. The maximum Gasteiger partial charge on any atom is 0.310 e. The van der Waals surface area contributed by atoms with E-state index in [1.807, 2.05) is 6.92 Å². The van der Waals surface area contributed by atoms with E-state index in [4.69, 9.17) is 4.74 Å². The van der Waals surface area contributed by atoms with E-state index < -0.39 is 0 Å². The van der Waals surface area contributed by atoms with Crippen molar-refractivity contribution in [2.45, 2.75) is 33.1 Å². The number of likely N-dealkylation sites (tertiary alicyclic amines) is 1. The maximum absolute atomic E-state index is 11.7. The summed E-state index contributed by atoms with van der Waals surface area (Å²) in [6.45, 7) is 9.65. The van der Waals surface area contributed by atoms with Crippen LogP contribution in [0.3, 0.4) is 0 Å². The zero-order chi connectivity index (χ0) is 12.5. The summed E-state index contributed by atoms with van der Waals surface area (Å²) in [4.78, 5) is 14.0. The van der Waals surface area contributed by atoms with Gasteiger partial charge >= 0.3 is 5.97 Å². The van der Waals surface area contributed by atoms with Crippen molar-refractivity contribution in [1.82, 2.24) is 10.2 Å². The Balaban J connectivity index is 2.21. The Hall–Kier alpha value is -0.610. The van der Waals surface area contributed by atoms with Crippen LogP contribution in [0.5, 0.6) is 0 Å². The van der Waals surface area contributed by atoms with Gasteiger partial charge in [0.25, 0.3) is 0 Å². The summed E-state index contributed by atoms with van der Waals surface area (Å²) in [5.41, 5.74) is 0. The van der Waals surface area contributed by atoms with Gasteiger partial charge in [0.05, 0.1) is 12.5 Å². The predicted octanol–water partition coefficient (Wildman–Crippen LogP) is 1.26. The summed E-state index contributed by atoms with van der Waals surface area (Å²) >= 11 is 0. The molecule has 0 radical (unpaired) electrons. The van der Waals surface area contributed by atoms with Crippen molar-refractivity contribution in [3.63, 3.8) is 0 Å². The molecule has 0 amide bonds. The van der Waals surface area contributed by atoms with E-state index in [0.717, 1.165) is 45.6 Å². The van der Waals surface area contributed by atoms with Crippen molar-refractivity contribution in [1.29, 1.82) is 0 Å². The van der Waals surface area contributed by atoms with Gasteiger partial charge in [0, 0.05) is 19.6 Å². The normalized spacial score (nSPS) is 21.4. The van der Waals surface area contributed by atoms with Crippen LogP contribution in [-0.4, -0.2) is 50.2 Å². The summed E-state index contributed by atoms with van der Waals surface area (Å²) in [5, 5.41) is 3.39. The zero-order valence-electron chi connectivity index (χ0n) is 11.2. The first kappa shape index (κ1) is 14.5. The summed E-state index contributed by atoms with van der Waals surface area (Å²) in [5.74, 6) is 0.0774. The number of nitrogens with one attached hydrogen (secondary N) is 1. The van der Waals surface area contributed by atoms with Crippen LogP contribution in [0.2, 0.25) is 0 Å². The number of hydrogen-bond donors (Lipinski definition) is 1. The fraction of sp³-hybridized carbons (Fsp3) is 0.923. The van der Waals surface area contributed by atoms with Gasteiger partial charge in [-0.25, -0.2) is 0 Å². The van der Waals surface area contributed by atoms with Crippen molar-refractivity contribution in [2.75, 3.05) is 39.3 Å². The van der Waals surface area contributed by atoms with E-state index >= 15 is 0 Å². The first-order valence-electron chi connectivity index (χ1n) is 6.87. The second kappa shape index (κ2) is 8.48. The lowest BCUT2D eigenvalue weighted by Gasteiger charge is -2.31. The molecule has 1 atom stereocenters. The third-order valence-corrected chi connectivity index (χ3v) is 3.16. The predicted molar refractivity (Wildman–Crippen MR) is 69.0 cm³/mol. The Morgan fingerprint density at radius 3 is 2.94 bits per heavy atom. The Bertz CT molecular complexity index is 221. The third kappa shape index (κ3) is 5.50. The molecule has 1 rings (SSSR count). The maximum atomic E-state index is 11.7. The topological polar surface area (TPSA) is 41.6 Å². The molecule has 1 N–H and O–H groups in total. The number of nitrogens with zero attached hydrogens (tertiary/aromatic N) is 1. The van der Waals surface area contributed by atoms with Gasteiger partial charge in [-0.1, -0.05) is 6.92 Å². The third-order valence-electron chi connectivity index (χ3n) is 3.16. The Morgan fingerprint density at radius 2 is 2.24 bits per heavy atom. The summed E-state index contributed by atoms with van der Waals surface area (Å²) in [6.07, 6.45) is 3.26. The number of rotatable bonds is 7. The van der Waals surface area contributed by atoms with E-state index in [1.54, 1.807) is 0 Å². The number of carbonyl (C=O) groups is 1. The fourth-order valence-corrected chi connectivity index (χ4v) is 2.25. The summed E-state index contributed by atoms with van der Waals surface area (Å²) in [7, 11) is 0. The van der Waals surface area contributed by atoms with Crippen molar-refractivity contribution >= 4 is 5.97 Å². The van der Waals surface area contributed by atoms with Crippen LogP contribution in [0.25, 0.3) is 0 Å². The standard InChI is InChI=1S/C13H26N2O2/c1-3-7-14-8-10-15-9-5-6-12(11-15)13(16)17-4-2/h12,14H,3-11H2,1-2H3. The Labute approximate surface area is 105 Å². The molecule has 0 saturated carbocycles. The van der Waals surface area contributed by atoms with E-state index in [0.29, 0.717) is 6.61 Å². The van der Waals surface area contributed by atoms with Crippen molar-refractivity contribution in [3.8, 4) is 0 Å². The molecule has 0 aromatic carbocycles. The van der Waals surface area contributed by atoms with E-state index in [9.17, 15) is 4.79 Å². The molecule has 4 nitrogen and oxygen atoms in total. The number of hydrogen-bond acceptors (Lipinski definition) is 4. The molecule has 1 saturated heterocycles. The van der Waals surface area contributed by atoms with Crippen LogP contribution >= 0.6 is 0 Å². The van der Waals surface area contributed by atoms with E-state index in [2.05, 4.69) is 17.1 Å². The molecule has 1 heterocycles. The highest BCUT2D eigenvalue weighted by molar-refractivity contribution is 5.72. The molecule has 100 valence electrons. The lowest BCUT2D eigenvalue weighted by Crippen LogP contribution is -2.42. The second-order valence-electron chi connectivity index (χ2n) is 4.64. The Kier molecular flexibility index (Phi) is 7.21. The highest BCUT2D eigenvalue weighted by Gasteiger charge is 2.26. The minimum absolute atomic E-state index is 0.0151. The molecule has 1 fully saturated rings. The lowest BCUT2D eigenvalue weighted by molar-refractivity contribution is -0.149. The lowest BCUT2D eigenvalue weighted by atomic mass is 9.98. The van der Waals surface area contributed by atoms with Gasteiger partial charge in [-0.2, -0.15) is 0 Å².